The fourth-order valence-corrected chi connectivity index (χ4v) is 3.32. The van der Waals surface area contributed by atoms with Crippen molar-refractivity contribution in [2.24, 2.45) is 0 Å². The third-order valence-corrected chi connectivity index (χ3v) is 4.74. The lowest BCUT2D eigenvalue weighted by Crippen LogP contribution is -2.21. The zero-order valence-corrected chi connectivity index (χ0v) is 15.1. The summed E-state index contributed by atoms with van der Waals surface area (Å²) in [5.41, 5.74) is 9.92. The van der Waals surface area contributed by atoms with E-state index in [1.54, 1.807) is 18.2 Å². The molecule has 0 saturated carbocycles. The largest absolute Gasteiger partial charge is 0.456 e. The molecule has 1 aliphatic carbocycles. The summed E-state index contributed by atoms with van der Waals surface area (Å²) in [7, 11) is 3.95. The van der Waals surface area contributed by atoms with Crippen molar-refractivity contribution < 1.29 is 8.81 Å². The quantitative estimate of drug-likeness (QED) is 0.303. The Balaban J connectivity index is 2.17. The summed E-state index contributed by atoms with van der Waals surface area (Å²) in [6.45, 7) is 0. The maximum absolute atomic E-state index is 13.7. The zero-order valence-electron chi connectivity index (χ0n) is 14.4. The van der Waals surface area contributed by atoms with Gasteiger partial charge in [-0.05, 0) is 35.9 Å². The summed E-state index contributed by atoms with van der Waals surface area (Å²) in [6.07, 6.45) is 0. The number of nitrogens with two attached hydrogens (primary N) is 1. The molecule has 0 radical (unpaired) electrons. The molecule has 3 nitrogen and oxygen atoms in total. The zero-order chi connectivity index (χ0) is 18.4. The lowest BCUT2D eigenvalue weighted by molar-refractivity contribution is 0.617. The van der Waals surface area contributed by atoms with Crippen LogP contribution in [0.3, 0.4) is 0 Å². The first kappa shape index (κ1) is 16.6. The number of nitrogen functional groups attached to an aromatic ring is 1. The highest BCUT2D eigenvalue weighted by atomic mass is 35.5. The van der Waals surface area contributed by atoms with Gasteiger partial charge in [-0.1, -0.05) is 17.7 Å². The van der Waals surface area contributed by atoms with Crippen LogP contribution in [0.1, 0.15) is 0 Å². The summed E-state index contributed by atoms with van der Waals surface area (Å²) in [5, 5.41) is 2.00. The first-order valence-electron chi connectivity index (χ1n) is 8.16. The van der Waals surface area contributed by atoms with Gasteiger partial charge >= 0.3 is 0 Å². The van der Waals surface area contributed by atoms with Crippen LogP contribution in [0.25, 0.3) is 33.4 Å². The third kappa shape index (κ3) is 2.72. The Morgan fingerprint density at radius 3 is 2.54 bits per heavy atom. The molecule has 130 valence electrons. The van der Waals surface area contributed by atoms with Crippen molar-refractivity contribution in [1.82, 2.24) is 4.58 Å². The van der Waals surface area contributed by atoms with E-state index in [-0.39, 0.29) is 5.02 Å². The highest BCUT2D eigenvalue weighted by molar-refractivity contribution is 6.31. The minimum Gasteiger partial charge on any atom is -0.456 e. The first-order valence-corrected chi connectivity index (χ1v) is 8.53. The fourth-order valence-electron chi connectivity index (χ4n) is 3.14. The van der Waals surface area contributed by atoms with Crippen LogP contribution in [-0.2, 0) is 0 Å². The Morgan fingerprint density at radius 2 is 1.81 bits per heavy atom. The molecule has 2 aromatic rings. The highest BCUT2D eigenvalue weighted by Gasteiger charge is 2.18. The first-order chi connectivity index (χ1) is 12.4. The van der Waals surface area contributed by atoms with Gasteiger partial charge in [0.1, 0.15) is 31.3 Å². The number of halogens is 2. The van der Waals surface area contributed by atoms with E-state index >= 15 is 0 Å². The van der Waals surface area contributed by atoms with Gasteiger partial charge in [0.15, 0.2) is 0 Å². The maximum Gasteiger partial charge on any atom is 0.203 e. The smallest absolute Gasteiger partial charge is 0.203 e. The maximum atomic E-state index is 13.7. The number of hydrogen-bond donors (Lipinski definition) is 1. The molecule has 0 fully saturated rings. The molecular weight excluding hydrogens is 351 g/mol. The summed E-state index contributed by atoms with van der Waals surface area (Å²) in [5.74, 6) is 0.286. The molecule has 4 rings (SSSR count). The van der Waals surface area contributed by atoms with E-state index in [2.05, 4.69) is 0 Å². The highest BCUT2D eigenvalue weighted by Crippen LogP contribution is 2.41. The second kappa shape index (κ2) is 6.15. The van der Waals surface area contributed by atoms with Crippen molar-refractivity contribution in [3.05, 3.63) is 70.8 Å². The van der Waals surface area contributed by atoms with Gasteiger partial charge in [0.2, 0.25) is 5.36 Å². The van der Waals surface area contributed by atoms with Gasteiger partial charge in [-0.2, -0.15) is 0 Å². The van der Waals surface area contributed by atoms with E-state index in [4.69, 9.17) is 21.8 Å². The van der Waals surface area contributed by atoms with Gasteiger partial charge in [-0.3, -0.25) is 0 Å². The molecule has 0 aromatic heterocycles. The van der Waals surface area contributed by atoms with Crippen LogP contribution in [-0.4, -0.2) is 14.1 Å². The average Bonchev–Trinajstić information content (AvgIpc) is 2.61. The molecular formula is C21H17ClFN2O+. The normalized spacial score (nSPS) is 11.2. The van der Waals surface area contributed by atoms with Gasteiger partial charge in [-0.25, -0.2) is 8.97 Å². The molecule has 0 saturated heterocycles. The Morgan fingerprint density at radius 1 is 1.00 bits per heavy atom. The van der Waals surface area contributed by atoms with Crippen molar-refractivity contribution >= 4 is 28.3 Å². The minimum absolute atomic E-state index is 0.0879. The molecule has 0 atom stereocenters. The van der Waals surface area contributed by atoms with Crippen molar-refractivity contribution in [2.45, 2.75) is 0 Å². The fraction of sp³-hybridized carbons (Fsp3) is 0.0952. The number of benzene rings is 3. The Kier molecular flexibility index (Phi) is 3.93. The van der Waals surface area contributed by atoms with Crippen LogP contribution in [0.4, 0.5) is 10.1 Å². The number of fused-ring (bicyclic) bond motifs is 2. The number of anilines is 1. The van der Waals surface area contributed by atoms with Crippen LogP contribution in [0, 0.1) is 5.82 Å². The predicted octanol–water partition coefficient (Wildman–Crippen LogP) is 4.61. The van der Waals surface area contributed by atoms with E-state index in [1.807, 2.05) is 49.0 Å². The van der Waals surface area contributed by atoms with Crippen LogP contribution < -0.4 is 15.7 Å². The molecule has 2 aliphatic rings. The molecule has 26 heavy (non-hydrogen) atoms. The summed E-state index contributed by atoms with van der Waals surface area (Å²) in [4.78, 5) is 0. The second-order valence-electron chi connectivity index (χ2n) is 6.44. The van der Waals surface area contributed by atoms with Gasteiger partial charge in [0.05, 0.1) is 11.1 Å². The third-order valence-electron chi connectivity index (χ3n) is 4.45. The van der Waals surface area contributed by atoms with Crippen molar-refractivity contribution in [1.29, 1.82) is 0 Å². The standard InChI is InChI=1S/C21H16ClFN2O/c1-25(2)14-5-7-16-20(11-14)26-19-10-13(24)4-6-15(19)21(16)12-3-8-18(23)17(22)9-12/h3-11,24H,1-2H3/p+1. The van der Waals surface area contributed by atoms with Crippen molar-refractivity contribution in [3.63, 3.8) is 0 Å². The van der Waals surface area contributed by atoms with Gasteiger partial charge in [-0.15, -0.1) is 0 Å². The number of hydrogen-bond acceptors (Lipinski definition) is 2. The average molecular weight is 368 g/mol. The Labute approximate surface area is 155 Å². The van der Waals surface area contributed by atoms with Gasteiger partial charge in [0.25, 0.3) is 0 Å². The number of rotatable bonds is 1. The molecule has 2 aromatic carbocycles. The van der Waals surface area contributed by atoms with Gasteiger partial charge < -0.3 is 10.2 Å². The molecule has 2 N–H and O–H groups in total. The van der Waals surface area contributed by atoms with E-state index < -0.39 is 5.82 Å². The molecule has 0 bridgehead atoms. The van der Waals surface area contributed by atoms with E-state index in [9.17, 15) is 4.39 Å². The molecule has 0 amide bonds. The monoisotopic (exact) mass is 367 g/mol. The van der Waals surface area contributed by atoms with Crippen LogP contribution in [0.2, 0.25) is 5.02 Å². The van der Waals surface area contributed by atoms with Crippen molar-refractivity contribution in [3.8, 4) is 22.5 Å². The van der Waals surface area contributed by atoms with Gasteiger partial charge in [0, 0.05) is 34.3 Å². The van der Waals surface area contributed by atoms with E-state index in [1.165, 1.54) is 6.07 Å². The minimum atomic E-state index is -0.441. The summed E-state index contributed by atoms with van der Waals surface area (Å²) >= 11 is 6.03. The van der Waals surface area contributed by atoms with Crippen molar-refractivity contribution in [2.75, 3.05) is 19.8 Å². The van der Waals surface area contributed by atoms with Crippen LogP contribution in [0.15, 0.2) is 59.0 Å². The topological polar surface area (TPSA) is 42.2 Å². The number of nitrogens with zero attached hydrogens (tertiary/aromatic N) is 1. The Bertz CT molecular complexity index is 1190. The Hall–Kier alpha value is -2.85. The van der Waals surface area contributed by atoms with E-state index in [0.717, 1.165) is 33.2 Å². The summed E-state index contributed by atoms with van der Waals surface area (Å²) in [6, 6.07) is 16.3. The lowest BCUT2D eigenvalue weighted by Gasteiger charge is -2.15. The predicted molar refractivity (Wildman–Crippen MR) is 105 cm³/mol. The molecule has 5 heteroatoms. The molecule has 0 unspecified atom stereocenters. The van der Waals surface area contributed by atoms with Crippen LogP contribution >= 0.6 is 11.6 Å². The van der Waals surface area contributed by atoms with Crippen LogP contribution in [0.5, 0.6) is 0 Å². The molecule has 1 aliphatic heterocycles. The van der Waals surface area contributed by atoms with E-state index in [0.29, 0.717) is 11.3 Å². The lowest BCUT2D eigenvalue weighted by atomic mass is 9.93. The SMILES string of the molecule is C[N+](C)=c1ccc2c(-c3ccc(F)c(Cl)c3)c3ccc(N)cc3oc-2c1. The molecule has 1 heterocycles. The second-order valence-corrected chi connectivity index (χ2v) is 6.84. The molecule has 0 spiro atoms. The summed E-state index contributed by atoms with van der Waals surface area (Å²) < 4.78 is 21.8.